The van der Waals surface area contributed by atoms with E-state index in [0.717, 1.165) is 24.2 Å². The van der Waals surface area contributed by atoms with Crippen LogP contribution < -0.4 is 10.6 Å². The van der Waals surface area contributed by atoms with Crippen molar-refractivity contribution in [1.82, 2.24) is 15.5 Å². The summed E-state index contributed by atoms with van der Waals surface area (Å²) in [6.07, 6.45) is 2.99. The third-order valence-electron chi connectivity index (χ3n) is 4.08. The zero-order valence-corrected chi connectivity index (χ0v) is 12.5. The van der Waals surface area contributed by atoms with Crippen LogP contribution in [0.2, 0.25) is 0 Å². The fraction of sp³-hybridized carbons (Fsp3) is 0.786. The van der Waals surface area contributed by atoms with E-state index in [0.29, 0.717) is 6.42 Å². The number of amides is 4. The van der Waals surface area contributed by atoms with Crippen molar-refractivity contribution in [2.45, 2.75) is 63.6 Å². The van der Waals surface area contributed by atoms with Crippen molar-refractivity contribution in [3.05, 3.63) is 0 Å². The Bertz CT molecular complexity index is 450. The summed E-state index contributed by atoms with van der Waals surface area (Å²) in [7, 11) is 0. The molecular weight excluding hydrogens is 274 g/mol. The molecule has 0 aromatic carbocycles. The van der Waals surface area contributed by atoms with Crippen LogP contribution in [-0.4, -0.2) is 52.1 Å². The molecule has 0 bridgehead atoms. The number of carbonyl (C=O) groups excluding carboxylic acids is 3. The second-order valence-electron chi connectivity index (χ2n) is 6.29. The summed E-state index contributed by atoms with van der Waals surface area (Å²) in [4.78, 5) is 36.6. The predicted octanol–water partition coefficient (Wildman–Crippen LogP) is 0.127. The van der Waals surface area contributed by atoms with Gasteiger partial charge in [0.05, 0.1) is 12.1 Å². The molecule has 3 N–H and O–H groups in total. The van der Waals surface area contributed by atoms with Gasteiger partial charge >= 0.3 is 6.03 Å². The number of nitrogens with zero attached hydrogens (tertiary/aromatic N) is 1. The van der Waals surface area contributed by atoms with Crippen LogP contribution in [0.4, 0.5) is 4.79 Å². The van der Waals surface area contributed by atoms with Gasteiger partial charge in [0.2, 0.25) is 5.91 Å². The van der Waals surface area contributed by atoms with E-state index in [1.165, 1.54) is 0 Å². The van der Waals surface area contributed by atoms with Gasteiger partial charge in [0.1, 0.15) is 5.54 Å². The van der Waals surface area contributed by atoms with E-state index >= 15 is 0 Å². The lowest BCUT2D eigenvalue weighted by Crippen LogP contribution is -2.46. The average molecular weight is 297 g/mol. The fourth-order valence-corrected chi connectivity index (χ4v) is 2.79. The molecule has 1 saturated heterocycles. The molecule has 1 heterocycles. The zero-order valence-electron chi connectivity index (χ0n) is 12.5. The molecule has 7 heteroatoms. The lowest BCUT2D eigenvalue weighted by Gasteiger charge is -2.28. The van der Waals surface area contributed by atoms with Crippen molar-refractivity contribution in [1.29, 1.82) is 0 Å². The Kier molecular flexibility index (Phi) is 4.51. The minimum absolute atomic E-state index is 0.0540. The third kappa shape index (κ3) is 3.53. The van der Waals surface area contributed by atoms with Crippen molar-refractivity contribution in [2.75, 3.05) is 6.54 Å². The Morgan fingerprint density at radius 2 is 2.05 bits per heavy atom. The maximum atomic E-state index is 12.0. The molecule has 4 amide bonds. The lowest BCUT2D eigenvalue weighted by molar-refractivity contribution is -0.130. The molecule has 0 aromatic heterocycles. The van der Waals surface area contributed by atoms with Gasteiger partial charge in [-0.2, -0.15) is 0 Å². The van der Waals surface area contributed by atoms with Crippen LogP contribution in [0.15, 0.2) is 0 Å². The van der Waals surface area contributed by atoms with Gasteiger partial charge in [0, 0.05) is 13.0 Å². The van der Waals surface area contributed by atoms with E-state index in [2.05, 4.69) is 10.6 Å². The van der Waals surface area contributed by atoms with E-state index in [4.69, 9.17) is 0 Å². The van der Waals surface area contributed by atoms with Gasteiger partial charge in [0.15, 0.2) is 0 Å². The number of rotatable bonds is 4. The van der Waals surface area contributed by atoms with E-state index < -0.39 is 17.7 Å². The second-order valence-corrected chi connectivity index (χ2v) is 6.29. The van der Waals surface area contributed by atoms with Crippen molar-refractivity contribution in [2.24, 2.45) is 0 Å². The quantitative estimate of drug-likeness (QED) is 0.642. The highest BCUT2D eigenvalue weighted by molar-refractivity contribution is 6.06. The van der Waals surface area contributed by atoms with Crippen LogP contribution in [0.3, 0.4) is 0 Å². The first-order valence-corrected chi connectivity index (χ1v) is 7.43. The Morgan fingerprint density at radius 1 is 1.38 bits per heavy atom. The summed E-state index contributed by atoms with van der Waals surface area (Å²) in [5, 5.41) is 15.2. The minimum atomic E-state index is -0.910. The van der Waals surface area contributed by atoms with Crippen LogP contribution in [0.25, 0.3) is 0 Å². The van der Waals surface area contributed by atoms with Crippen LogP contribution >= 0.6 is 0 Å². The maximum absolute atomic E-state index is 12.0. The molecule has 2 rings (SSSR count). The van der Waals surface area contributed by atoms with E-state index in [1.54, 1.807) is 13.8 Å². The Morgan fingerprint density at radius 3 is 2.62 bits per heavy atom. The smallest absolute Gasteiger partial charge is 0.325 e. The number of imide groups is 1. The average Bonchev–Trinajstić information content (AvgIpc) is 2.59. The first-order chi connectivity index (χ1) is 9.81. The number of hydrogen-bond donors (Lipinski definition) is 3. The standard InChI is InChI=1S/C14H23N3O4/c1-14(2)12(20)17(13(21)16-14)8-7-11(19)15-9-5-3-4-6-10(9)18/h9-10,18H,3-8H2,1-2H3,(H,15,19)(H,16,21)/t9-,10-/m1/s1. The van der Waals surface area contributed by atoms with Gasteiger partial charge in [-0.1, -0.05) is 12.8 Å². The van der Waals surface area contributed by atoms with Gasteiger partial charge in [-0.25, -0.2) is 4.79 Å². The molecule has 0 radical (unpaired) electrons. The molecule has 118 valence electrons. The fourth-order valence-electron chi connectivity index (χ4n) is 2.79. The Hall–Kier alpha value is -1.63. The molecule has 0 spiro atoms. The summed E-state index contributed by atoms with van der Waals surface area (Å²) < 4.78 is 0. The highest BCUT2D eigenvalue weighted by atomic mass is 16.3. The van der Waals surface area contributed by atoms with E-state index in [1.807, 2.05) is 0 Å². The summed E-state index contributed by atoms with van der Waals surface area (Å²) in [6, 6.07) is -0.679. The van der Waals surface area contributed by atoms with Gasteiger partial charge in [-0.05, 0) is 26.7 Å². The molecule has 2 fully saturated rings. The van der Waals surface area contributed by atoms with Gasteiger partial charge in [-0.15, -0.1) is 0 Å². The summed E-state index contributed by atoms with van der Waals surface area (Å²) >= 11 is 0. The Balaban J connectivity index is 1.81. The topological polar surface area (TPSA) is 98.7 Å². The van der Waals surface area contributed by atoms with Crippen molar-refractivity contribution < 1.29 is 19.5 Å². The van der Waals surface area contributed by atoms with Crippen LogP contribution in [0, 0.1) is 0 Å². The normalized spacial score (nSPS) is 28.4. The summed E-state index contributed by atoms with van der Waals surface area (Å²) in [5.74, 6) is -0.566. The molecule has 1 aliphatic heterocycles. The molecule has 0 aromatic rings. The van der Waals surface area contributed by atoms with Crippen LogP contribution in [0.5, 0.6) is 0 Å². The van der Waals surface area contributed by atoms with Gasteiger partial charge < -0.3 is 15.7 Å². The van der Waals surface area contributed by atoms with Gasteiger partial charge in [-0.3, -0.25) is 14.5 Å². The van der Waals surface area contributed by atoms with Crippen molar-refractivity contribution >= 4 is 17.8 Å². The van der Waals surface area contributed by atoms with Crippen molar-refractivity contribution in [3.8, 4) is 0 Å². The van der Waals surface area contributed by atoms with E-state index in [-0.39, 0.29) is 30.8 Å². The first-order valence-electron chi connectivity index (χ1n) is 7.43. The molecule has 1 saturated carbocycles. The summed E-state index contributed by atoms with van der Waals surface area (Å²) in [5.41, 5.74) is -0.910. The molecule has 2 aliphatic rings. The monoisotopic (exact) mass is 297 g/mol. The van der Waals surface area contributed by atoms with Crippen LogP contribution in [-0.2, 0) is 9.59 Å². The first kappa shape index (κ1) is 15.8. The Labute approximate surface area is 124 Å². The molecule has 21 heavy (non-hydrogen) atoms. The maximum Gasteiger partial charge on any atom is 0.325 e. The van der Waals surface area contributed by atoms with E-state index in [9.17, 15) is 19.5 Å². The molecular formula is C14H23N3O4. The highest BCUT2D eigenvalue weighted by Crippen LogP contribution is 2.19. The molecule has 0 unspecified atom stereocenters. The number of aliphatic hydroxyl groups excluding tert-OH is 1. The zero-order chi connectivity index (χ0) is 15.6. The summed E-state index contributed by atoms with van der Waals surface area (Å²) in [6.45, 7) is 3.32. The molecule has 2 atom stereocenters. The van der Waals surface area contributed by atoms with Crippen LogP contribution in [0.1, 0.15) is 46.0 Å². The SMILES string of the molecule is CC1(C)NC(=O)N(CCC(=O)N[C@@H]2CCCC[C@H]2O)C1=O. The predicted molar refractivity (Wildman–Crippen MR) is 75.3 cm³/mol. The minimum Gasteiger partial charge on any atom is -0.391 e. The number of aliphatic hydroxyl groups is 1. The lowest BCUT2D eigenvalue weighted by atomic mass is 9.92. The highest BCUT2D eigenvalue weighted by Gasteiger charge is 2.44. The van der Waals surface area contributed by atoms with Crippen molar-refractivity contribution in [3.63, 3.8) is 0 Å². The largest absolute Gasteiger partial charge is 0.391 e. The number of nitrogens with one attached hydrogen (secondary N) is 2. The second kappa shape index (κ2) is 6.01. The molecule has 7 nitrogen and oxygen atoms in total. The third-order valence-corrected chi connectivity index (χ3v) is 4.08. The number of urea groups is 1. The number of carbonyl (C=O) groups is 3. The molecule has 1 aliphatic carbocycles. The van der Waals surface area contributed by atoms with Gasteiger partial charge in [0.25, 0.3) is 5.91 Å². The number of hydrogen-bond acceptors (Lipinski definition) is 4.